The summed E-state index contributed by atoms with van der Waals surface area (Å²) in [4.78, 5) is 4.55. The highest BCUT2D eigenvalue weighted by Crippen LogP contribution is 2.30. The number of rotatable bonds is 5. The molecule has 4 rings (SSSR count). The zero-order chi connectivity index (χ0) is 18.8. The minimum Gasteiger partial charge on any atom is -0.420 e. The number of benzene rings is 2. The Hall–Kier alpha value is -2.66. The van der Waals surface area contributed by atoms with Crippen LogP contribution in [0.1, 0.15) is 29.4 Å². The second-order valence-electron chi connectivity index (χ2n) is 7.53. The molecular weight excluding hydrogens is 336 g/mol. The van der Waals surface area contributed by atoms with Gasteiger partial charge in [-0.1, -0.05) is 24.3 Å². The largest absolute Gasteiger partial charge is 0.420 e. The molecule has 2 heterocycles. The van der Waals surface area contributed by atoms with Crippen molar-refractivity contribution in [1.29, 1.82) is 0 Å². The van der Waals surface area contributed by atoms with E-state index >= 15 is 0 Å². The highest BCUT2D eigenvalue weighted by molar-refractivity contribution is 5.58. The van der Waals surface area contributed by atoms with E-state index in [-0.39, 0.29) is 0 Å². The van der Waals surface area contributed by atoms with Crippen LogP contribution >= 0.6 is 0 Å². The van der Waals surface area contributed by atoms with Crippen LogP contribution in [0.25, 0.3) is 11.5 Å². The van der Waals surface area contributed by atoms with Crippen LogP contribution in [0, 0.1) is 6.92 Å². The quantitative estimate of drug-likeness (QED) is 0.684. The molecule has 5 heteroatoms. The molecule has 1 aliphatic heterocycles. The van der Waals surface area contributed by atoms with Crippen molar-refractivity contribution in [2.45, 2.75) is 25.8 Å². The summed E-state index contributed by atoms with van der Waals surface area (Å²) in [7, 11) is 4.06. The predicted octanol–water partition coefficient (Wildman–Crippen LogP) is 4.10. The summed E-state index contributed by atoms with van der Waals surface area (Å²) in [6.45, 7) is 5.19. The van der Waals surface area contributed by atoms with E-state index < -0.39 is 0 Å². The fourth-order valence-corrected chi connectivity index (χ4v) is 3.62. The SMILES string of the molecule is Cc1ccccc1CN1CC[C@H](c2nnc(-c3ccc(N(C)C)cc3)o2)C1. The molecule has 140 valence electrons. The van der Waals surface area contributed by atoms with E-state index in [0.29, 0.717) is 11.8 Å². The van der Waals surface area contributed by atoms with Gasteiger partial charge < -0.3 is 9.32 Å². The first-order valence-electron chi connectivity index (χ1n) is 9.48. The van der Waals surface area contributed by atoms with Crippen LogP contribution in [0.3, 0.4) is 0 Å². The third-order valence-electron chi connectivity index (χ3n) is 5.35. The third kappa shape index (κ3) is 3.88. The molecule has 0 unspecified atom stereocenters. The molecular formula is C22H26N4O. The minimum atomic E-state index is 0.316. The van der Waals surface area contributed by atoms with E-state index in [1.165, 1.54) is 11.1 Å². The first kappa shape index (κ1) is 17.7. The molecule has 2 aromatic carbocycles. The maximum atomic E-state index is 6.01. The predicted molar refractivity (Wildman–Crippen MR) is 108 cm³/mol. The summed E-state index contributed by atoms with van der Waals surface area (Å²) in [5.74, 6) is 1.68. The van der Waals surface area contributed by atoms with Gasteiger partial charge in [-0.15, -0.1) is 10.2 Å². The van der Waals surface area contributed by atoms with Crippen molar-refractivity contribution < 1.29 is 4.42 Å². The number of hydrogen-bond donors (Lipinski definition) is 0. The van der Waals surface area contributed by atoms with Crippen molar-refractivity contribution in [3.8, 4) is 11.5 Å². The summed E-state index contributed by atoms with van der Waals surface area (Å²) < 4.78 is 6.01. The van der Waals surface area contributed by atoms with Gasteiger partial charge in [0.2, 0.25) is 11.8 Å². The molecule has 5 nitrogen and oxygen atoms in total. The average Bonchev–Trinajstić information content (AvgIpc) is 3.33. The van der Waals surface area contributed by atoms with Crippen molar-refractivity contribution in [3.63, 3.8) is 0 Å². The van der Waals surface area contributed by atoms with Gasteiger partial charge in [0, 0.05) is 38.4 Å². The van der Waals surface area contributed by atoms with Crippen LogP contribution in [0.5, 0.6) is 0 Å². The van der Waals surface area contributed by atoms with Crippen LogP contribution in [-0.4, -0.2) is 42.3 Å². The number of hydrogen-bond acceptors (Lipinski definition) is 5. The summed E-state index contributed by atoms with van der Waals surface area (Å²) in [6.07, 6.45) is 1.06. The maximum Gasteiger partial charge on any atom is 0.247 e. The van der Waals surface area contributed by atoms with Crippen LogP contribution in [0.15, 0.2) is 52.9 Å². The zero-order valence-corrected chi connectivity index (χ0v) is 16.2. The average molecular weight is 362 g/mol. The van der Waals surface area contributed by atoms with E-state index in [1.54, 1.807) is 0 Å². The molecule has 0 radical (unpaired) electrons. The molecule has 0 N–H and O–H groups in total. The molecule has 3 aromatic rings. The topological polar surface area (TPSA) is 45.4 Å². The van der Waals surface area contributed by atoms with Gasteiger partial charge in [-0.25, -0.2) is 0 Å². The van der Waals surface area contributed by atoms with Gasteiger partial charge in [-0.2, -0.15) is 0 Å². The van der Waals surface area contributed by atoms with Crippen molar-refractivity contribution in [2.75, 3.05) is 32.1 Å². The van der Waals surface area contributed by atoms with Crippen LogP contribution in [-0.2, 0) is 6.54 Å². The van der Waals surface area contributed by atoms with Crippen molar-refractivity contribution >= 4 is 5.69 Å². The first-order chi connectivity index (χ1) is 13.1. The number of likely N-dealkylation sites (tertiary alicyclic amines) is 1. The lowest BCUT2D eigenvalue weighted by Gasteiger charge is -2.16. The van der Waals surface area contributed by atoms with Gasteiger partial charge >= 0.3 is 0 Å². The monoisotopic (exact) mass is 362 g/mol. The smallest absolute Gasteiger partial charge is 0.247 e. The highest BCUT2D eigenvalue weighted by atomic mass is 16.4. The fourth-order valence-electron chi connectivity index (χ4n) is 3.62. The fraction of sp³-hybridized carbons (Fsp3) is 0.364. The van der Waals surface area contributed by atoms with E-state index in [2.05, 4.69) is 63.3 Å². The molecule has 1 atom stereocenters. The molecule has 0 amide bonds. The lowest BCUT2D eigenvalue weighted by molar-refractivity contribution is 0.319. The maximum absolute atomic E-state index is 6.01. The summed E-state index contributed by atoms with van der Waals surface area (Å²) in [5, 5.41) is 8.62. The van der Waals surface area contributed by atoms with Gasteiger partial charge in [0.05, 0.1) is 5.92 Å². The molecule has 0 spiro atoms. The zero-order valence-electron chi connectivity index (χ0n) is 16.2. The standard InChI is InChI=1S/C22H26N4O/c1-16-6-4-5-7-18(16)14-26-13-12-19(15-26)22-24-23-21(27-22)17-8-10-20(11-9-17)25(2)3/h4-11,19H,12-15H2,1-3H3/t19-/m0/s1. The molecule has 1 aromatic heterocycles. The molecule has 0 saturated carbocycles. The number of aryl methyl sites for hydroxylation is 1. The van der Waals surface area contributed by atoms with E-state index in [9.17, 15) is 0 Å². The van der Waals surface area contributed by atoms with E-state index in [4.69, 9.17) is 4.42 Å². The van der Waals surface area contributed by atoms with Gasteiger partial charge in [0.25, 0.3) is 0 Å². The summed E-state index contributed by atoms with van der Waals surface area (Å²) in [6, 6.07) is 16.8. The second-order valence-corrected chi connectivity index (χ2v) is 7.53. The Balaban J connectivity index is 1.42. The number of anilines is 1. The normalized spacial score (nSPS) is 17.4. The molecule has 0 bridgehead atoms. The lowest BCUT2D eigenvalue weighted by Crippen LogP contribution is -2.20. The molecule has 1 fully saturated rings. The highest BCUT2D eigenvalue weighted by Gasteiger charge is 2.28. The first-order valence-corrected chi connectivity index (χ1v) is 9.48. The molecule has 1 aliphatic rings. The molecule has 27 heavy (non-hydrogen) atoms. The van der Waals surface area contributed by atoms with Crippen molar-refractivity contribution in [2.24, 2.45) is 0 Å². The third-order valence-corrected chi connectivity index (χ3v) is 5.35. The van der Waals surface area contributed by atoms with E-state index in [1.807, 2.05) is 26.2 Å². The Morgan fingerprint density at radius 2 is 1.85 bits per heavy atom. The number of nitrogens with zero attached hydrogens (tertiary/aromatic N) is 4. The molecule has 0 aliphatic carbocycles. The Kier molecular flexibility index (Phi) is 4.94. The Morgan fingerprint density at radius 1 is 1.07 bits per heavy atom. The Labute approximate surface area is 160 Å². The van der Waals surface area contributed by atoms with Crippen LogP contribution in [0.2, 0.25) is 0 Å². The molecule has 1 saturated heterocycles. The number of aromatic nitrogens is 2. The van der Waals surface area contributed by atoms with Gasteiger partial charge in [0.1, 0.15) is 0 Å². The lowest BCUT2D eigenvalue weighted by atomic mass is 10.1. The Bertz CT molecular complexity index is 901. The van der Waals surface area contributed by atoms with E-state index in [0.717, 1.165) is 43.2 Å². The summed E-state index contributed by atoms with van der Waals surface area (Å²) in [5.41, 5.74) is 4.86. The Morgan fingerprint density at radius 3 is 2.59 bits per heavy atom. The minimum absolute atomic E-state index is 0.316. The second kappa shape index (κ2) is 7.53. The van der Waals surface area contributed by atoms with Crippen LogP contribution in [0.4, 0.5) is 5.69 Å². The van der Waals surface area contributed by atoms with Gasteiger partial charge in [0.15, 0.2) is 0 Å². The van der Waals surface area contributed by atoms with Crippen molar-refractivity contribution in [3.05, 3.63) is 65.5 Å². The summed E-state index contributed by atoms with van der Waals surface area (Å²) >= 11 is 0. The van der Waals surface area contributed by atoms with Gasteiger partial charge in [-0.05, 0) is 55.3 Å². The van der Waals surface area contributed by atoms with Crippen molar-refractivity contribution in [1.82, 2.24) is 15.1 Å². The van der Waals surface area contributed by atoms with Crippen LogP contribution < -0.4 is 4.90 Å². The van der Waals surface area contributed by atoms with Gasteiger partial charge in [-0.3, -0.25) is 4.90 Å².